The van der Waals surface area contributed by atoms with Crippen molar-refractivity contribution in [3.05, 3.63) is 16.3 Å². The fourth-order valence-corrected chi connectivity index (χ4v) is 1.84. The lowest BCUT2D eigenvalue weighted by atomic mass is 10.3. The van der Waals surface area contributed by atoms with Gasteiger partial charge in [-0.3, -0.25) is 0 Å². The second-order valence-corrected chi connectivity index (χ2v) is 3.91. The zero-order valence-electron chi connectivity index (χ0n) is 7.35. The molecule has 0 aromatic carbocycles. The first-order chi connectivity index (χ1) is 5.24. The minimum absolute atomic E-state index is 0.537. The van der Waals surface area contributed by atoms with Crippen LogP contribution in [-0.2, 0) is 6.42 Å². The molecule has 0 fully saturated rings. The third-order valence-electron chi connectivity index (χ3n) is 1.51. The van der Waals surface area contributed by atoms with Crippen molar-refractivity contribution in [2.75, 3.05) is 5.32 Å². The minimum Gasteiger partial charge on any atom is -0.382 e. The zero-order valence-corrected chi connectivity index (χ0v) is 8.16. The van der Waals surface area contributed by atoms with Crippen LogP contribution in [-0.4, -0.2) is 6.04 Å². The topological polar surface area (TPSA) is 12.0 Å². The Kier molecular flexibility index (Phi) is 2.94. The van der Waals surface area contributed by atoms with Gasteiger partial charge in [0.2, 0.25) is 0 Å². The van der Waals surface area contributed by atoms with Crippen LogP contribution in [0.25, 0.3) is 0 Å². The number of nitrogens with one attached hydrogen (secondary N) is 1. The molecule has 0 radical (unpaired) electrons. The summed E-state index contributed by atoms with van der Waals surface area (Å²) in [6, 6.07) is 2.69. The van der Waals surface area contributed by atoms with Crippen LogP contribution in [0, 0.1) is 0 Å². The van der Waals surface area contributed by atoms with Crippen LogP contribution in [0.2, 0.25) is 0 Å². The van der Waals surface area contributed by atoms with E-state index in [0.29, 0.717) is 6.04 Å². The van der Waals surface area contributed by atoms with Crippen LogP contribution in [0.3, 0.4) is 0 Å². The molecule has 0 aliphatic rings. The first kappa shape index (κ1) is 8.60. The standard InChI is InChI=1S/C9H15NS/c1-4-9-8(5-6-11-9)10-7(2)3/h5-7,10H,4H2,1-3H3. The molecule has 0 aliphatic carbocycles. The van der Waals surface area contributed by atoms with Crippen molar-refractivity contribution in [3.63, 3.8) is 0 Å². The van der Waals surface area contributed by atoms with Crippen LogP contribution < -0.4 is 5.32 Å². The summed E-state index contributed by atoms with van der Waals surface area (Å²) in [4.78, 5) is 1.46. The molecule has 0 atom stereocenters. The van der Waals surface area contributed by atoms with Gasteiger partial charge in [-0.05, 0) is 31.7 Å². The smallest absolute Gasteiger partial charge is 0.0483 e. The number of thiophene rings is 1. The highest BCUT2D eigenvalue weighted by Gasteiger charge is 2.01. The second-order valence-electron chi connectivity index (χ2n) is 2.91. The van der Waals surface area contributed by atoms with E-state index in [1.54, 1.807) is 0 Å². The monoisotopic (exact) mass is 169 g/mol. The van der Waals surface area contributed by atoms with E-state index in [9.17, 15) is 0 Å². The van der Waals surface area contributed by atoms with Gasteiger partial charge in [0, 0.05) is 16.6 Å². The van der Waals surface area contributed by atoms with Gasteiger partial charge in [-0.1, -0.05) is 6.92 Å². The third kappa shape index (κ3) is 2.22. The molecule has 1 nitrogen and oxygen atoms in total. The number of hydrogen-bond donors (Lipinski definition) is 1. The van der Waals surface area contributed by atoms with E-state index in [1.807, 2.05) is 11.3 Å². The van der Waals surface area contributed by atoms with Crippen LogP contribution >= 0.6 is 11.3 Å². The molecular weight excluding hydrogens is 154 g/mol. The molecule has 1 aromatic rings. The molecule has 11 heavy (non-hydrogen) atoms. The van der Waals surface area contributed by atoms with E-state index in [0.717, 1.165) is 6.42 Å². The lowest BCUT2D eigenvalue weighted by molar-refractivity contribution is 0.897. The van der Waals surface area contributed by atoms with Crippen molar-refractivity contribution in [1.29, 1.82) is 0 Å². The molecular formula is C9H15NS. The predicted octanol–water partition coefficient (Wildman–Crippen LogP) is 3.13. The van der Waals surface area contributed by atoms with Crippen LogP contribution in [0.4, 0.5) is 5.69 Å². The molecule has 1 N–H and O–H groups in total. The normalized spacial score (nSPS) is 10.5. The highest BCUT2D eigenvalue weighted by atomic mass is 32.1. The van der Waals surface area contributed by atoms with Crippen LogP contribution in [0.1, 0.15) is 25.6 Å². The van der Waals surface area contributed by atoms with Crippen molar-refractivity contribution in [2.24, 2.45) is 0 Å². The quantitative estimate of drug-likeness (QED) is 0.733. The SMILES string of the molecule is CCc1sccc1NC(C)C. The van der Waals surface area contributed by atoms with E-state index >= 15 is 0 Å². The molecule has 0 saturated carbocycles. The van der Waals surface area contributed by atoms with Gasteiger partial charge in [0.25, 0.3) is 0 Å². The number of anilines is 1. The van der Waals surface area contributed by atoms with Gasteiger partial charge in [0.05, 0.1) is 0 Å². The number of aryl methyl sites for hydroxylation is 1. The zero-order chi connectivity index (χ0) is 8.27. The highest BCUT2D eigenvalue weighted by molar-refractivity contribution is 7.10. The van der Waals surface area contributed by atoms with Gasteiger partial charge in [0.1, 0.15) is 0 Å². The Balaban J connectivity index is 2.68. The first-order valence-corrected chi connectivity index (χ1v) is 4.95. The predicted molar refractivity (Wildman–Crippen MR) is 52.5 cm³/mol. The van der Waals surface area contributed by atoms with Crippen molar-refractivity contribution in [2.45, 2.75) is 33.2 Å². The Morgan fingerprint density at radius 1 is 1.55 bits per heavy atom. The van der Waals surface area contributed by atoms with Crippen LogP contribution in [0.5, 0.6) is 0 Å². The van der Waals surface area contributed by atoms with Gasteiger partial charge in [-0.15, -0.1) is 11.3 Å². The molecule has 0 unspecified atom stereocenters. The molecule has 1 rings (SSSR count). The molecule has 1 heterocycles. The van der Waals surface area contributed by atoms with Crippen molar-refractivity contribution >= 4 is 17.0 Å². The maximum atomic E-state index is 3.41. The molecule has 2 heteroatoms. The summed E-state index contributed by atoms with van der Waals surface area (Å²) in [6.07, 6.45) is 1.13. The van der Waals surface area contributed by atoms with E-state index in [4.69, 9.17) is 0 Å². The van der Waals surface area contributed by atoms with Gasteiger partial charge >= 0.3 is 0 Å². The summed E-state index contributed by atoms with van der Waals surface area (Å²) in [5.74, 6) is 0. The fraction of sp³-hybridized carbons (Fsp3) is 0.556. The Labute approximate surface area is 72.4 Å². The Morgan fingerprint density at radius 3 is 2.82 bits per heavy atom. The molecule has 0 aliphatic heterocycles. The summed E-state index contributed by atoms with van der Waals surface area (Å²) < 4.78 is 0. The lowest BCUT2D eigenvalue weighted by Gasteiger charge is -2.09. The lowest BCUT2D eigenvalue weighted by Crippen LogP contribution is -2.09. The molecule has 0 spiro atoms. The molecule has 62 valence electrons. The van der Waals surface area contributed by atoms with E-state index < -0.39 is 0 Å². The highest BCUT2D eigenvalue weighted by Crippen LogP contribution is 2.22. The van der Waals surface area contributed by atoms with Gasteiger partial charge in [-0.2, -0.15) is 0 Å². The van der Waals surface area contributed by atoms with E-state index in [1.165, 1.54) is 10.6 Å². The Bertz CT molecular complexity index is 215. The summed E-state index contributed by atoms with van der Waals surface area (Å²) in [6.45, 7) is 6.52. The second kappa shape index (κ2) is 3.77. The molecule has 0 bridgehead atoms. The molecule has 0 amide bonds. The average Bonchev–Trinajstić information content (AvgIpc) is 2.34. The molecule has 0 saturated heterocycles. The number of hydrogen-bond acceptors (Lipinski definition) is 2. The summed E-state index contributed by atoms with van der Waals surface area (Å²) in [5, 5.41) is 5.56. The summed E-state index contributed by atoms with van der Waals surface area (Å²) in [7, 11) is 0. The van der Waals surface area contributed by atoms with E-state index in [-0.39, 0.29) is 0 Å². The maximum Gasteiger partial charge on any atom is 0.0483 e. The maximum absolute atomic E-state index is 3.41. The van der Waals surface area contributed by atoms with Crippen molar-refractivity contribution in [1.82, 2.24) is 0 Å². The number of rotatable bonds is 3. The molecule has 1 aromatic heterocycles. The van der Waals surface area contributed by atoms with Crippen molar-refractivity contribution in [3.8, 4) is 0 Å². The van der Waals surface area contributed by atoms with E-state index in [2.05, 4.69) is 37.5 Å². The minimum atomic E-state index is 0.537. The fourth-order valence-electron chi connectivity index (χ4n) is 1.05. The van der Waals surface area contributed by atoms with Crippen molar-refractivity contribution < 1.29 is 0 Å². The average molecular weight is 169 g/mol. The largest absolute Gasteiger partial charge is 0.382 e. The third-order valence-corrected chi connectivity index (χ3v) is 2.58. The van der Waals surface area contributed by atoms with Gasteiger partial charge < -0.3 is 5.32 Å². The Morgan fingerprint density at radius 2 is 2.27 bits per heavy atom. The first-order valence-electron chi connectivity index (χ1n) is 4.07. The summed E-state index contributed by atoms with van der Waals surface area (Å²) >= 11 is 1.83. The Hall–Kier alpha value is -0.500. The van der Waals surface area contributed by atoms with Crippen LogP contribution in [0.15, 0.2) is 11.4 Å². The van der Waals surface area contributed by atoms with Gasteiger partial charge in [0.15, 0.2) is 0 Å². The van der Waals surface area contributed by atoms with Gasteiger partial charge in [-0.25, -0.2) is 0 Å². The summed E-state index contributed by atoms with van der Waals surface area (Å²) in [5.41, 5.74) is 1.31.